The highest BCUT2D eigenvalue weighted by Gasteiger charge is 2.23. The summed E-state index contributed by atoms with van der Waals surface area (Å²) in [5, 5.41) is 0. The lowest BCUT2D eigenvalue weighted by Crippen LogP contribution is -2.40. The van der Waals surface area contributed by atoms with E-state index in [0.29, 0.717) is 18.9 Å². The number of carbonyl (C=O) groups is 1. The first-order chi connectivity index (χ1) is 10.7. The van der Waals surface area contributed by atoms with E-state index >= 15 is 0 Å². The molecule has 1 amide bonds. The maximum absolute atomic E-state index is 12.1. The second-order valence-corrected chi connectivity index (χ2v) is 5.98. The third-order valence-corrected chi connectivity index (χ3v) is 4.37. The van der Waals surface area contributed by atoms with Gasteiger partial charge in [-0.05, 0) is 49.3 Å². The zero-order valence-electron chi connectivity index (χ0n) is 13.7. The lowest BCUT2D eigenvalue weighted by atomic mass is 9.91. The SMILES string of the molecule is COCCC(=O)N1CCCC(CCc2cccc(OC)c2)C1. The van der Waals surface area contributed by atoms with Crippen LogP contribution in [0.5, 0.6) is 5.75 Å². The lowest BCUT2D eigenvalue weighted by molar-refractivity contribution is -0.134. The Kier molecular flexibility index (Phi) is 6.72. The topological polar surface area (TPSA) is 38.8 Å². The molecule has 0 radical (unpaired) electrons. The Hall–Kier alpha value is -1.55. The van der Waals surface area contributed by atoms with Gasteiger partial charge in [0.05, 0.1) is 20.1 Å². The highest BCUT2D eigenvalue weighted by atomic mass is 16.5. The van der Waals surface area contributed by atoms with Crippen molar-refractivity contribution in [2.75, 3.05) is 33.9 Å². The van der Waals surface area contributed by atoms with E-state index in [1.54, 1.807) is 14.2 Å². The zero-order chi connectivity index (χ0) is 15.8. The third kappa shape index (κ3) is 5.02. The van der Waals surface area contributed by atoms with Crippen molar-refractivity contribution in [3.8, 4) is 5.75 Å². The fraction of sp³-hybridized carbons (Fsp3) is 0.611. The van der Waals surface area contributed by atoms with Gasteiger partial charge in [-0.15, -0.1) is 0 Å². The largest absolute Gasteiger partial charge is 0.497 e. The van der Waals surface area contributed by atoms with Gasteiger partial charge >= 0.3 is 0 Å². The molecule has 4 nitrogen and oxygen atoms in total. The summed E-state index contributed by atoms with van der Waals surface area (Å²) in [7, 11) is 3.34. The Morgan fingerprint density at radius 2 is 2.23 bits per heavy atom. The molecule has 1 aliphatic rings. The van der Waals surface area contributed by atoms with Crippen molar-refractivity contribution in [1.29, 1.82) is 0 Å². The van der Waals surface area contributed by atoms with Crippen molar-refractivity contribution in [3.05, 3.63) is 29.8 Å². The van der Waals surface area contributed by atoms with Crippen LogP contribution in [0.25, 0.3) is 0 Å². The van der Waals surface area contributed by atoms with Crippen LogP contribution < -0.4 is 4.74 Å². The minimum absolute atomic E-state index is 0.230. The van der Waals surface area contributed by atoms with Gasteiger partial charge in [0.25, 0.3) is 0 Å². The van der Waals surface area contributed by atoms with Crippen molar-refractivity contribution < 1.29 is 14.3 Å². The molecule has 0 bridgehead atoms. The highest BCUT2D eigenvalue weighted by Crippen LogP contribution is 2.23. The summed E-state index contributed by atoms with van der Waals surface area (Å²) in [6, 6.07) is 8.26. The molecule has 0 saturated carbocycles. The summed E-state index contributed by atoms with van der Waals surface area (Å²) in [6.07, 6.45) is 5.00. The number of methoxy groups -OCH3 is 2. The summed E-state index contributed by atoms with van der Waals surface area (Å²) < 4.78 is 10.3. The number of piperidine rings is 1. The van der Waals surface area contributed by atoms with E-state index in [9.17, 15) is 4.79 Å². The van der Waals surface area contributed by atoms with E-state index in [1.807, 2.05) is 17.0 Å². The molecule has 1 heterocycles. The first-order valence-electron chi connectivity index (χ1n) is 8.12. The standard InChI is InChI=1S/C18H27NO3/c1-21-12-10-18(20)19-11-4-6-16(14-19)9-8-15-5-3-7-17(13-15)22-2/h3,5,7,13,16H,4,6,8-12,14H2,1-2H3. The van der Waals surface area contributed by atoms with Gasteiger partial charge in [0.2, 0.25) is 5.91 Å². The number of ether oxygens (including phenoxy) is 2. The molecule has 1 fully saturated rings. The molecule has 122 valence electrons. The monoisotopic (exact) mass is 305 g/mol. The second-order valence-electron chi connectivity index (χ2n) is 5.98. The van der Waals surface area contributed by atoms with Gasteiger partial charge in [0.1, 0.15) is 5.75 Å². The average molecular weight is 305 g/mol. The van der Waals surface area contributed by atoms with Crippen LogP contribution in [-0.4, -0.2) is 44.7 Å². The van der Waals surface area contributed by atoms with Crippen LogP contribution in [-0.2, 0) is 16.0 Å². The Morgan fingerprint density at radius 3 is 3.00 bits per heavy atom. The van der Waals surface area contributed by atoms with Gasteiger partial charge in [-0.25, -0.2) is 0 Å². The number of likely N-dealkylation sites (tertiary alicyclic amines) is 1. The van der Waals surface area contributed by atoms with Gasteiger partial charge in [-0.3, -0.25) is 4.79 Å². The average Bonchev–Trinajstić information content (AvgIpc) is 2.58. The maximum Gasteiger partial charge on any atom is 0.224 e. The van der Waals surface area contributed by atoms with Crippen LogP contribution in [0.4, 0.5) is 0 Å². The minimum Gasteiger partial charge on any atom is -0.497 e. The molecule has 1 aliphatic heterocycles. The molecular weight excluding hydrogens is 278 g/mol. The first-order valence-corrected chi connectivity index (χ1v) is 8.12. The summed E-state index contributed by atoms with van der Waals surface area (Å²) in [5.41, 5.74) is 1.31. The molecule has 1 saturated heterocycles. The van der Waals surface area contributed by atoms with Crippen molar-refractivity contribution in [2.45, 2.75) is 32.1 Å². The maximum atomic E-state index is 12.1. The smallest absolute Gasteiger partial charge is 0.224 e. The lowest BCUT2D eigenvalue weighted by Gasteiger charge is -2.33. The first kappa shape index (κ1) is 16.8. The number of hydrogen-bond donors (Lipinski definition) is 0. The Balaban J connectivity index is 1.81. The number of rotatable bonds is 7. The Labute approximate surface area is 133 Å². The molecule has 0 aliphatic carbocycles. The number of carbonyl (C=O) groups excluding carboxylic acids is 1. The number of benzene rings is 1. The summed E-state index contributed by atoms with van der Waals surface area (Å²) in [6.45, 7) is 2.31. The van der Waals surface area contributed by atoms with E-state index in [-0.39, 0.29) is 5.91 Å². The fourth-order valence-electron chi connectivity index (χ4n) is 3.07. The van der Waals surface area contributed by atoms with E-state index in [1.165, 1.54) is 12.0 Å². The van der Waals surface area contributed by atoms with Crippen LogP contribution >= 0.6 is 0 Å². The molecule has 2 rings (SSSR count). The highest BCUT2D eigenvalue weighted by molar-refractivity contribution is 5.76. The van der Waals surface area contributed by atoms with Gasteiger partial charge in [0.15, 0.2) is 0 Å². The number of aryl methyl sites for hydroxylation is 1. The molecule has 0 aromatic heterocycles. The van der Waals surface area contributed by atoms with E-state index in [0.717, 1.165) is 38.1 Å². The number of hydrogen-bond acceptors (Lipinski definition) is 3. The zero-order valence-corrected chi connectivity index (χ0v) is 13.7. The molecule has 0 spiro atoms. The molecule has 4 heteroatoms. The molecule has 0 N–H and O–H groups in total. The van der Waals surface area contributed by atoms with Crippen LogP contribution in [0.3, 0.4) is 0 Å². The summed E-state index contributed by atoms with van der Waals surface area (Å²) in [4.78, 5) is 14.1. The predicted octanol–water partition coefficient (Wildman–Crippen LogP) is 2.90. The van der Waals surface area contributed by atoms with Crippen molar-refractivity contribution in [2.24, 2.45) is 5.92 Å². The van der Waals surface area contributed by atoms with Crippen LogP contribution in [0.2, 0.25) is 0 Å². The molecule has 1 unspecified atom stereocenters. The van der Waals surface area contributed by atoms with Gasteiger partial charge in [0, 0.05) is 20.2 Å². The van der Waals surface area contributed by atoms with Crippen LogP contribution in [0.15, 0.2) is 24.3 Å². The molecule has 22 heavy (non-hydrogen) atoms. The second kappa shape index (κ2) is 8.79. The predicted molar refractivity (Wildman–Crippen MR) is 87.1 cm³/mol. The van der Waals surface area contributed by atoms with E-state index < -0.39 is 0 Å². The molecule has 1 aromatic rings. The van der Waals surface area contributed by atoms with Gasteiger partial charge in [-0.1, -0.05) is 12.1 Å². The Bertz CT molecular complexity index is 475. The number of nitrogens with zero attached hydrogens (tertiary/aromatic N) is 1. The van der Waals surface area contributed by atoms with Gasteiger partial charge < -0.3 is 14.4 Å². The van der Waals surface area contributed by atoms with E-state index in [4.69, 9.17) is 9.47 Å². The van der Waals surface area contributed by atoms with Crippen molar-refractivity contribution in [3.63, 3.8) is 0 Å². The van der Waals surface area contributed by atoms with Crippen LogP contribution in [0, 0.1) is 5.92 Å². The number of amides is 1. The normalized spacial score (nSPS) is 18.3. The fourth-order valence-corrected chi connectivity index (χ4v) is 3.07. The molecule has 1 atom stereocenters. The molecular formula is C18H27NO3. The molecule has 1 aromatic carbocycles. The summed E-state index contributed by atoms with van der Waals surface area (Å²) >= 11 is 0. The minimum atomic E-state index is 0.230. The van der Waals surface area contributed by atoms with Crippen LogP contribution in [0.1, 0.15) is 31.2 Å². The van der Waals surface area contributed by atoms with Gasteiger partial charge in [-0.2, -0.15) is 0 Å². The quantitative estimate of drug-likeness (QED) is 0.777. The van der Waals surface area contributed by atoms with Crippen molar-refractivity contribution >= 4 is 5.91 Å². The Morgan fingerprint density at radius 1 is 1.36 bits per heavy atom. The summed E-state index contributed by atoms with van der Waals surface area (Å²) in [5.74, 6) is 1.75. The third-order valence-electron chi connectivity index (χ3n) is 4.37. The van der Waals surface area contributed by atoms with Crippen molar-refractivity contribution in [1.82, 2.24) is 4.90 Å². The van der Waals surface area contributed by atoms with E-state index in [2.05, 4.69) is 12.1 Å².